The molecule has 2 aromatic carbocycles. The van der Waals surface area contributed by atoms with Gasteiger partial charge in [-0.1, -0.05) is 39.2 Å². The van der Waals surface area contributed by atoms with Crippen LogP contribution in [0.15, 0.2) is 42.5 Å². The quantitative estimate of drug-likeness (QED) is 0.0773. The lowest BCUT2D eigenvalue weighted by molar-refractivity contribution is -0.141. The van der Waals surface area contributed by atoms with E-state index in [9.17, 15) is 54.0 Å². The number of nitrogens with zero attached hydrogens (tertiary/aromatic N) is 9. The Morgan fingerprint density at radius 1 is 0.654 bits per heavy atom. The molecule has 1 saturated carbocycles. The summed E-state index contributed by atoms with van der Waals surface area (Å²) in [7, 11) is 8.55. The molecule has 2 fully saturated rings. The van der Waals surface area contributed by atoms with Gasteiger partial charge in [0.2, 0.25) is 5.91 Å². The zero-order valence-electron chi connectivity index (χ0n) is 46.5. The number of hydrogen-bond donors (Lipinski definition) is 5. The van der Waals surface area contributed by atoms with E-state index in [2.05, 4.69) is 10.2 Å². The normalized spacial score (nSPS) is 16.2. The van der Waals surface area contributed by atoms with Crippen molar-refractivity contribution in [2.45, 2.75) is 70.8 Å². The van der Waals surface area contributed by atoms with Crippen molar-refractivity contribution in [1.82, 2.24) is 49.4 Å². The van der Waals surface area contributed by atoms with Gasteiger partial charge < -0.3 is 49.9 Å². The standard InChI is InChI=1S/C55H82N10O13/c1-38(2)41-32-40(18-19-43(41)65-44(51-45(77-6)16-11-17-46(51)78-7)33-42(57-65)53(73)56-52(55(75)76)39-14-9-8-10-15-39)54(74)60(5)23-13-21-58(3)20-12-22-59(4)47(66)34-61-24-26-62(35-48(67)68)28-30-64(37-50(71)72)31-29-63(27-25-61)36-49(69)70/h11,16-19,32-33,38-39,52H,8-10,12-15,20-31,34-37H2,1-7H3,(H,56,73)(H,67,68)(H,69,70)(H,71,72)(H,75,76)/t52-/m0/s1. The van der Waals surface area contributed by atoms with Gasteiger partial charge in [0.05, 0.1) is 57.3 Å². The van der Waals surface area contributed by atoms with E-state index in [4.69, 9.17) is 14.6 Å². The van der Waals surface area contributed by atoms with Gasteiger partial charge in [0.1, 0.15) is 17.5 Å². The monoisotopic (exact) mass is 1090 g/mol. The molecule has 430 valence electrons. The highest BCUT2D eigenvalue weighted by Crippen LogP contribution is 2.41. The first kappa shape index (κ1) is 62.2. The second-order valence-corrected chi connectivity index (χ2v) is 20.8. The summed E-state index contributed by atoms with van der Waals surface area (Å²) in [6.07, 6.45) is 5.62. The van der Waals surface area contributed by atoms with E-state index < -0.39 is 35.8 Å². The Hall–Kier alpha value is -6.66. The highest BCUT2D eigenvalue weighted by atomic mass is 16.5. The summed E-state index contributed by atoms with van der Waals surface area (Å²) in [4.78, 5) is 101. The zero-order chi connectivity index (χ0) is 57.1. The predicted molar refractivity (Wildman–Crippen MR) is 292 cm³/mol. The van der Waals surface area contributed by atoms with Gasteiger partial charge in [0.15, 0.2) is 5.69 Å². The number of hydrogen-bond acceptors (Lipinski definition) is 15. The molecule has 0 radical (unpaired) electrons. The van der Waals surface area contributed by atoms with Gasteiger partial charge in [-0.3, -0.25) is 48.4 Å². The molecule has 0 spiro atoms. The lowest BCUT2D eigenvalue weighted by Crippen LogP contribution is -2.50. The van der Waals surface area contributed by atoms with Crippen molar-refractivity contribution < 1.29 is 63.5 Å². The number of carbonyl (C=O) groups excluding carboxylic acids is 3. The lowest BCUT2D eigenvalue weighted by atomic mass is 9.84. The number of aliphatic carboxylic acids is 4. The van der Waals surface area contributed by atoms with Crippen molar-refractivity contribution in [2.75, 3.05) is 140 Å². The van der Waals surface area contributed by atoms with Gasteiger partial charge in [0.25, 0.3) is 11.8 Å². The number of carboxylic acid groups (broad SMARTS) is 4. The average molecular weight is 1090 g/mol. The fraction of sp³-hybridized carbons (Fsp3) is 0.600. The van der Waals surface area contributed by atoms with Crippen LogP contribution in [-0.4, -0.2) is 252 Å². The van der Waals surface area contributed by atoms with Crippen molar-refractivity contribution in [3.63, 3.8) is 0 Å². The third-order valence-electron chi connectivity index (χ3n) is 14.6. The maximum Gasteiger partial charge on any atom is 0.326 e. The highest BCUT2D eigenvalue weighted by molar-refractivity contribution is 5.97. The highest BCUT2D eigenvalue weighted by Gasteiger charge is 2.33. The molecule has 23 heteroatoms. The van der Waals surface area contributed by atoms with Crippen molar-refractivity contribution in [2.24, 2.45) is 5.92 Å². The second kappa shape index (κ2) is 30.5. The predicted octanol–water partition coefficient (Wildman–Crippen LogP) is 3.16. The Balaban J connectivity index is 1.20. The van der Waals surface area contributed by atoms with Crippen LogP contribution >= 0.6 is 0 Å². The Bertz CT molecular complexity index is 2460. The zero-order valence-corrected chi connectivity index (χ0v) is 46.5. The van der Waals surface area contributed by atoms with Gasteiger partial charge in [-0.05, 0) is 99.6 Å². The molecule has 1 aliphatic heterocycles. The van der Waals surface area contributed by atoms with Crippen LogP contribution in [0.1, 0.15) is 91.1 Å². The summed E-state index contributed by atoms with van der Waals surface area (Å²) < 4.78 is 13.2. The lowest BCUT2D eigenvalue weighted by Gasteiger charge is -2.33. The Morgan fingerprint density at radius 3 is 1.60 bits per heavy atom. The Kier molecular flexibility index (Phi) is 24.3. The number of benzene rings is 2. The molecule has 1 aromatic heterocycles. The van der Waals surface area contributed by atoms with Crippen LogP contribution in [0.2, 0.25) is 0 Å². The van der Waals surface area contributed by atoms with E-state index in [0.717, 1.165) is 24.8 Å². The van der Waals surface area contributed by atoms with E-state index in [1.165, 1.54) is 14.2 Å². The summed E-state index contributed by atoms with van der Waals surface area (Å²) in [5.74, 6) is -4.45. The van der Waals surface area contributed by atoms with Crippen LogP contribution in [0.4, 0.5) is 0 Å². The summed E-state index contributed by atoms with van der Waals surface area (Å²) in [6, 6.07) is 11.3. The molecule has 1 saturated heterocycles. The first-order valence-corrected chi connectivity index (χ1v) is 26.9. The maximum atomic E-state index is 14.0. The number of likely N-dealkylation sites (N-methyl/N-ethyl adjacent to an activating group) is 1. The number of methoxy groups -OCH3 is 2. The number of carboxylic acids is 4. The van der Waals surface area contributed by atoms with Crippen LogP contribution in [-0.2, 0) is 24.0 Å². The minimum Gasteiger partial charge on any atom is -0.496 e. The third kappa shape index (κ3) is 18.5. The maximum absolute atomic E-state index is 14.0. The molecular formula is C55H82N10O13. The van der Waals surface area contributed by atoms with Crippen molar-refractivity contribution in [1.29, 1.82) is 0 Å². The molecule has 3 aromatic rings. The van der Waals surface area contributed by atoms with E-state index in [0.29, 0.717) is 112 Å². The topological polar surface area (TPSA) is 271 Å². The van der Waals surface area contributed by atoms with Crippen LogP contribution in [0.25, 0.3) is 16.9 Å². The van der Waals surface area contributed by atoms with Crippen molar-refractivity contribution in [3.8, 4) is 28.4 Å². The largest absolute Gasteiger partial charge is 0.496 e. The number of aromatic nitrogens is 2. The van der Waals surface area contributed by atoms with E-state index in [1.54, 1.807) is 79.7 Å². The van der Waals surface area contributed by atoms with Crippen molar-refractivity contribution in [3.05, 3.63) is 59.3 Å². The minimum atomic E-state index is -1.09. The van der Waals surface area contributed by atoms with Crippen LogP contribution in [0, 0.1) is 5.92 Å². The molecule has 0 bridgehead atoms. The molecule has 1 aliphatic carbocycles. The number of carbonyl (C=O) groups is 7. The number of nitrogens with one attached hydrogen (secondary N) is 1. The molecule has 0 unspecified atom stereocenters. The molecule has 78 heavy (non-hydrogen) atoms. The Labute approximate surface area is 457 Å². The van der Waals surface area contributed by atoms with Gasteiger partial charge in [-0.2, -0.15) is 5.10 Å². The minimum absolute atomic E-state index is 0.00878. The number of ether oxygens (including phenoxy) is 2. The molecule has 1 atom stereocenters. The van der Waals surface area contributed by atoms with Crippen LogP contribution in [0.5, 0.6) is 11.5 Å². The smallest absolute Gasteiger partial charge is 0.326 e. The summed E-state index contributed by atoms with van der Waals surface area (Å²) in [5.41, 5.74) is 2.87. The van der Waals surface area contributed by atoms with E-state index >= 15 is 0 Å². The van der Waals surface area contributed by atoms with Crippen LogP contribution < -0.4 is 14.8 Å². The molecule has 23 nitrogen and oxygen atoms in total. The van der Waals surface area contributed by atoms with Gasteiger partial charge in [-0.15, -0.1) is 0 Å². The van der Waals surface area contributed by atoms with E-state index in [1.807, 2.05) is 31.9 Å². The summed E-state index contributed by atoms with van der Waals surface area (Å²) >= 11 is 0. The molecule has 5 rings (SSSR count). The number of amides is 3. The van der Waals surface area contributed by atoms with Gasteiger partial charge in [-0.25, -0.2) is 9.48 Å². The molecule has 2 aliphatic rings. The molecule has 2 heterocycles. The van der Waals surface area contributed by atoms with Gasteiger partial charge >= 0.3 is 23.9 Å². The SMILES string of the molecule is COc1cccc(OC)c1-c1cc(C(=O)N[C@H](C(=O)O)C2CCCCC2)nn1-c1ccc(C(=O)N(C)CCCN(C)CCCN(C)C(=O)CN2CCN(CC(=O)O)CCN(CC(=O)O)CCN(CC(=O)O)CC2)cc1C(C)C. The van der Waals surface area contributed by atoms with E-state index in [-0.39, 0.29) is 81.7 Å². The molecule has 5 N–H and O–H groups in total. The average Bonchev–Trinajstić information content (AvgIpc) is 3.94. The second-order valence-electron chi connectivity index (χ2n) is 20.8. The first-order valence-electron chi connectivity index (χ1n) is 26.9. The van der Waals surface area contributed by atoms with Crippen LogP contribution in [0.3, 0.4) is 0 Å². The third-order valence-corrected chi connectivity index (χ3v) is 14.6. The molecular weight excluding hydrogens is 1010 g/mol. The first-order chi connectivity index (χ1) is 37.2. The molecule has 3 amide bonds. The fourth-order valence-corrected chi connectivity index (χ4v) is 10.2. The fourth-order valence-electron chi connectivity index (χ4n) is 10.2. The van der Waals surface area contributed by atoms with Gasteiger partial charge in [0, 0.05) is 85.1 Å². The summed E-state index contributed by atoms with van der Waals surface area (Å²) in [6.45, 7) is 8.12. The number of rotatable bonds is 26. The Morgan fingerprint density at radius 2 is 1.14 bits per heavy atom. The van der Waals surface area contributed by atoms with Crippen molar-refractivity contribution >= 4 is 41.6 Å². The summed E-state index contributed by atoms with van der Waals surface area (Å²) in [5, 5.41) is 46.4.